The first-order valence-corrected chi connectivity index (χ1v) is 10.8. The van der Waals surface area contributed by atoms with Crippen molar-refractivity contribution in [2.45, 2.75) is 47.1 Å². The van der Waals surface area contributed by atoms with Crippen LogP contribution in [-0.2, 0) is 9.53 Å². The number of aromatic nitrogens is 1. The van der Waals surface area contributed by atoms with Crippen LogP contribution in [0, 0.1) is 13.8 Å². The van der Waals surface area contributed by atoms with Crippen molar-refractivity contribution in [1.82, 2.24) is 9.47 Å². The van der Waals surface area contributed by atoms with Crippen molar-refractivity contribution in [1.29, 1.82) is 0 Å². The second-order valence-corrected chi connectivity index (χ2v) is 8.23. The summed E-state index contributed by atoms with van der Waals surface area (Å²) >= 11 is 0.988. The zero-order valence-electron chi connectivity index (χ0n) is 17.9. The molecular weight excluding hydrogens is 400 g/mol. The van der Waals surface area contributed by atoms with Crippen LogP contribution < -0.4 is 0 Å². The van der Waals surface area contributed by atoms with Gasteiger partial charge in [0, 0.05) is 23.1 Å². The number of nitrogens with zero attached hydrogens (tertiary/aromatic N) is 2. The lowest BCUT2D eigenvalue weighted by Crippen LogP contribution is -2.36. The molecule has 0 spiro atoms. The molecule has 6 nitrogen and oxygen atoms in total. The first kappa shape index (κ1) is 21.9. The quantitative estimate of drug-likeness (QED) is 0.474. The lowest BCUT2D eigenvalue weighted by molar-refractivity contribution is -0.124. The Morgan fingerprint density at radius 2 is 1.83 bits per heavy atom. The molecule has 1 aliphatic rings. The van der Waals surface area contributed by atoms with E-state index in [0.29, 0.717) is 17.1 Å². The molecule has 0 radical (unpaired) electrons. The number of imide groups is 1. The van der Waals surface area contributed by atoms with Crippen molar-refractivity contribution in [3.8, 4) is 5.69 Å². The van der Waals surface area contributed by atoms with Gasteiger partial charge in [0.15, 0.2) is 0 Å². The number of hydrogen-bond acceptors (Lipinski definition) is 5. The average Bonchev–Trinajstić information content (AvgIpc) is 3.16. The zero-order valence-corrected chi connectivity index (χ0v) is 18.7. The zero-order chi connectivity index (χ0) is 22.0. The van der Waals surface area contributed by atoms with E-state index in [9.17, 15) is 14.4 Å². The Morgan fingerprint density at radius 3 is 2.43 bits per heavy atom. The summed E-state index contributed by atoms with van der Waals surface area (Å²) in [6.45, 7) is 9.90. The van der Waals surface area contributed by atoms with Crippen molar-refractivity contribution >= 4 is 35.0 Å². The van der Waals surface area contributed by atoms with E-state index in [1.165, 1.54) is 4.90 Å². The van der Waals surface area contributed by atoms with Gasteiger partial charge in [-0.3, -0.25) is 14.5 Å². The average molecular weight is 427 g/mol. The largest absolute Gasteiger partial charge is 0.462 e. The molecule has 0 saturated carbocycles. The van der Waals surface area contributed by atoms with E-state index in [2.05, 4.69) is 4.57 Å². The minimum atomic E-state index is -0.345. The van der Waals surface area contributed by atoms with E-state index in [1.54, 1.807) is 25.1 Å². The second kappa shape index (κ2) is 8.92. The van der Waals surface area contributed by atoms with E-state index in [1.807, 2.05) is 45.9 Å². The third-order valence-corrected chi connectivity index (χ3v) is 6.13. The maximum atomic E-state index is 12.7. The molecule has 7 heteroatoms. The molecule has 1 aliphatic heterocycles. The summed E-state index contributed by atoms with van der Waals surface area (Å²) in [4.78, 5) is 38.7. The Bertz CT molecular complexity index is 1020. The van der Waals surface area contributed by atoms with Gasteiger partial charge in [-0.25, -0.2) is 4.79 Å². The summed E-state index contributed by atoms with van der Waals surface area (Å²) in [5.41, 5.74) is 4.24. The predicted octanol–water partition coefficient (Wildman–Crippen LogP) is 5.11. The molecule has 1 fully saturated rings. The highest BCUT2D eigenvalue weighted by atomic mass is 32.2. The molecule has 1 aromatic carbocycles. The lowest BCUT2D eigenvalue weighted by atomic mass is 10.2. The molecule has 0 N–H and O–H groups in total. The van der Waals surface area contributed by atoms with E-state index >= 15 is 0 Å². The molecule has 0 aliphatic carbocycles. The van der Waals surface area contributed by atoms with Gasteiger partial charge in [0.05, 0.1) is 17.1 Å². The topological polar surface area (TPSA) is 68.6 Å². The number of aryl methyl sites for hydroxylation is 1. The fraction of sp³-hybridized carbons (Fsp3) is 0.348. The van der Waals surface area contributed by atoms with Crippen LogP contribution in [0.15, 0.2) is 35.2 Å². The highest BCUT2D eigenvalue weighted by Crippen LogP contribution is 2.35. The van der Waals surface area contributed by atoms with Crippen LogP contribution in [0.2, 0.25) is 0 Å². The molecular formula is C23H26N2O4S. The van der Waals surface area contributed by atoms with Crippen molar-refractivity contribution in [3.05, 3.63) is 57.8 Å². The summed E-state index contributed by atoms with van der Waals surface area (Å²) in [5.74, 6) is -0.578. The normalized spacial score (nSPS) is 16.4. The maximum absolute atomic E-state index is 12.7. The molecule has 158 valence electrons. The summed E-state index contributed by atoms with van der Waals surface area (Å²) in [5, 5.41) is -0.219. The number of esters is 1. The molecule has 1 atom stereocenters. The Hall–Kier alpha value is -2.80. The van der Waals surface area contributed by atoms with Gasteiger partial charge in [-0.2, -0.15) is 0 Å². The number of thioether (sulfide) groups is 1. The lowest BCUT2D eigenvalue weighted by Gasteiger charge is -2.19. The Kier molecular flexibility index (Phi) is 6.51. The van der Waals surface area contributed by atoms with E-state index < -0.39 is 0 Å². The second-order valence-electron chi connectivity index (χ2n) is 7.24. The van der Waals surface area contributed by atoms with Crippen LogP contribution >= 0.6 is 11.8 Å². The van der Waals surface area contributed by atoms with Crippen molar-refractivity contribution < 1.29 is 19.1 Å². The number of carbonyl (C=O) groups is 3. The van der Waals surface area contributed by atoms with Crippen molar-refractivity contribution in [3.63, 3.8) is 0 Å². The van der Waals surface area contributed by atoms with Gasteiger partial charge in [-0.05, 0) is 87.8 Å². The number of rotatable bonds is 6. The Morgan fingerprint density at radius 1 is 1.17 bits per heavy atom. The van der Waals surface area contributed by atoms with Crippen LogP contribution in [0.1, 0.15) is 54.5 Å². The summed E-state index contributed by atoms with van der Waals surface area (Å²) in [7, 11) is 0. The third-order valence-electron chi connectivity index (χ3n) is 5.25. The maximum Gasteiger partial charge on any atom is 0.338 e. The van der Waals surface area contributed by atoms with Gasteiger partial charge in [0.2, 0.25) is 0 Å². The first-order chi connectivity index (χ1) is 14.3. The van der Waals surface area contributed by atoms with Gasteiger partial charge >= 0.3 is 5.97 Å². The molecule has 1 saturated heterocycles. The molecule has 30 heavy (non-hydrogen) atoms. The van der Waals surface area contributed by atoms with Gasteiger partial charge in [-0.1, -0.05) is 6.92 Å². The fourth-order valence-corrected chi connectivity index (χ4v) is 4.40. The van der Waals surface area contributed by atoms with E-state index in [0.717, 1.165) is 40.8 Å². The highest BCUT2D eigenvalue weighted by Gasteiger charge is 2.37. The van der Waals surface area contributed by atoms with E-state index in [-0.39, 0.29) is 23.2 Å². The minimum absolute atomic E-state index is 0.117. The summed E-state index contributed by atoms with van der Waals surface area (Å²) in [6, 6.07) is 9.09. The SMILES string of the molecule is CCOC(=O)c1ccc(-n2c(C)cc(/C=C3/SC(=O)N([C@H](C)CC)C3=O)c2C)cc1. The number of ether oxygens (including phenoxy) is 1. The van der Waals surface area contributed by atoms with Crippen molar-refractivity contribution in [2.75, 3.05) is 6.61 Å². The first-order valence-electron chi connectivity index (χ1n) is 10.0. The fourth-order valence-electron chi connectivity index (χ4n) is 3.48. The van der Waals surface area contributed by atoms with Crippen molar-refractivity contribution in [2.24, 2.45) is 0 Å². The van der Waals surface area contributed by atoms with Gasteiger partial charge in [-0.15, -0.1) is 0 Å². The van der Waals surface area contributed by atoms with Crippen LogP contribution in [0.5, 0.6) is 0 Å². The van der Waals surface area contributed by atoms with Crippen LogP contribution in [-0.4, -0.2) is 39.2 Å². The highest BCUT2D eigenvalue weighted by molar-refractivity contribution is 8.18. The van der Waals surface area contributed by atoms with Crippen LogP contribution in [0.3, 0.4) is 0 Å². The molecule has 1 aromatic heterocycles. The minimum Gasteiger partial charge on any atom is -0.462 e. The van der Waals surface area contributed by atoms with Gasteiger partial charge < -0.3 is 9.30 Å². The summed E-state index contributed by atoms with van der Waals surface area (Å²) in [6.07, 6.45) is 2.51. The predicted molar refractivity (Wildman–Crippen MR) is 119 cm³/mol. The molecule has 2 amide bonds. The molecule has 3 rings (SSSR count). The molecule has 0 bridgehead atoms. The van der Waals surface area contributed by atoms with Crippen LogP contribution in [0.4, 0.5) is 4.79 Å². The standard InChI is InChI=1S/C23H26N2O4S/c1-6-14(3)25-21(26)20(30-23(25)28)13-18-12-15(4)24(16(18)5)19-10-8-17(9-11-19)22(27)29-7-2/h8-14H,6-7H2,1-5H3/b20-13+/t14-/m1/s1. The number of carbonyl (C=O) groups excluding carboxylic acids is 3. The molecule has 2 heterocycles. The van der Waals surface area contributed by atoms with Gasteiger partial charge in [0.1, 0.15) is 0 Å². The van der Waals surface area contributed by atoms with Crippen LogP contribution in [0.25, 0.3) is 11.8 Å². The smallest absolute Gasteiger partial charge is 0.338 e. The molecule has 2 aromatic rings. The number of benzene rings is 1. The number of hydrogen-bond donors (Lipinski definition) is 0. The Balaban J connectivity index is 1.91. The summed E-state index contributed by atoms with van der Waals surface area (Å²) < 4.78 is 7.09. The van der Waals surface area contributed by atoms with Gasteiger partial charge in [0.25, 0.3) is 11.1 Å². The third kappa shape index (κ3) is 4.07. The van der Waals surface area contributed by atoms with E-state index in [4.69, 9.17) is 4.74 Å². The molecule has 0 unspecified atom stereocenters. The number of amides is 2. The monoisotopic (exact) mass is 426 g/mol. The Labute approximate surface area is 180 Å².